The van der Waals surface area contributed by atoms with E-state index in [0.717, 1.165) is 0 Å². The number of halogens is 1. The molecule has 1 aromatic heterocycles. The highest BCUT2D eigenvalue weighted by molar-refractivity contribution is 6.33. The summed E-state index contributed by atoms with van der Waals surface area (Å²) in [6.45, 7) is 1.65. The lowest BCUT2D eigenvalue weighted by atomic mass is 10.0. The molecule has 0 aliphatic rings. The Balaban J connectivity index is 1.88. The molecule has 0 aliphatic heterocycles. The first-order valence-corrected chi connectivity index (χ1v) is 9.17. The first-order valence-electron chi connectivity index (χ1n) is 8.80. The number of nitrogens with zero attached hydrogens (tertiary/aromatic N) is 1. The van der Waals surface area contributed by atoms with Crippen LogP contribution < -0.4 is 9.47 Å². The molecule has 0 saturated heterocycles. The Hall–Kier alpha value is -3.82. The third kappa shape index (κ3) is 4.43. The molecule has 30 heavy (non-hydrogen) atoms. The van der Waals surface area contributed by atoms with Gasteiger partial charge in [0.05, 0.1) is 29.5 Å². The second kappa shape index (κ2) is 9.12. The predicted molar refractivity (Wildman–Crippen MR) is 111 cm³/mol. The first kappa shape index (κ1) is 20.9. The van der Waals surface area contributed by atoms with Crippen LogP contribution in [-0.4, -0.2) is 18.9 Å². The van der Waals surface area contributed by atoms with Gasteiger partial charge in [-0.15, -0.1) is 0 Å². The average molecular weight is 422 g/mol. The van der Waals surface area contributed by atoms with Crippen LogP contribution in [0.4, 0.5) is 0 Å². The third-order valence-corrected chi connectivity index (χ3v) is 4.59. The van der Waals surface area contributed by atoms with E-state index in [-0.39, 0.29) is 27.7 Å². The van der Waals surface area contributed by atoms with Crippen molar-refractivity contribution < 1.29 is 23.5 Å². The van der Waals surface area contributed by atoms with Gasteiger partial charge in [-0.1, -0.05) is 29.8 Å². The molecule has 0 saturated carbocycles. The largest absolute Gasteiger partial charge is 0.493 e. The van der Waals surface area contributed by atoms with Gasteiger partial charge in [-0.25, -0.2) is 4.79 Å². The normalized spacial score (nSPS) is 10.9. The van der Waals surface area contributed by atoms with Gasteiger partial charge in [0.2, 0.25) is 5.78 Å². The van der Waals surface area contributed by atoms with Gasteiger partial charge in [0.15, 0.2) is 11.5 Å². The number of allylic oxidation sites excluding steroid dienone is 1. The smallest absolute Gasteiger partial charge is 0.345 e. The number of Topliss-reactive ketones (excluding diaryl/α,β-unsaturated/α-hetero) is 1. The van der Waals surface area contributed by atoms with Crippen molar-refractivity contribution in [1.29, 1.82) is 5.26 Å². The molecule has 3 rings (SSSR count). The standard InChI is InChI=1S/C23H16ClNO5/c1-14-17(9-10-29-14)22(26)16(13-25)11-15-7-8-20(21(12-15)28-2)30-23(27)18-5-3-4-6-19(18)24/h3-12H,1-2H3/b16-11+. The fourth-order valence-electron chi connectivity index (χ4n) is 2.72. The van der Waals surface area contributed by atoms with Crippen LogP contribution in [0.25, 0.3) is 6.08 Å². The van der Waals surface area contributed by atoms with Crippen molar-refractivity contribution in [3.05, 3.63) is 87.8 Å². The number of carbonyl (C=O) groups is 2. The molecule has 0 spiro atoms. The molecular weight excluding hydrogens is 406 g/mol. The number of aryl methyl sites for hydroxylation is 1. The lowest BCUT2D eigenvalue weighted by molar-refractivity contribution is 0.0729. The molecule has 2 aromatic carbocycles. The van der Waals surface area contributed by atoms with Gasteiger partial charge >= 0.3 is 5.97 Å². The van der Waals surface area contributed by atoms with Gasteiger partial charge in [0.1, 0.15) is 17.4 Å². The highest BCUT2D eigenvalue weighted by Crippen LogP contribution is 2.30. The molecule has 0 bridgehead atoms. The molecule has 0 aliphatic carbocycles. The molecule has 0 atom stereocenters. The monoisotopic (exact) mass is 421 g/mol. The Morgan fingerprint density at radius 3 is 2.50 bits per heavy atom. The van der Waals surface area contributed by atoms with E-state index in [1.807, 2.05) is 6.07 Å². The van der Waals surface area contributed by atoms with E-state index in [1.54, 1.807) is 43.3 Å². The minimum atomic E-state index is -0.634. The van der Waals surface area contributed by atoms with Gasteiger partial charge in [-0.2, -0.15) is 5.26 Å². The van der Waals surface area contributed by atoms with Crippen LogP contribution in [0.2, 0.25) is 5.02 Å². The number of ether oxygens (including phenoxy) is 2. The summed E-state index contributed by atoms with van der Waals surface area (Å²) in [7, 11) is 1.42. The fourth-order valence-corrected chi connectivity index (χ4v) is 2.93. The molecule has 0 unspecified atom stereocenters. The quantitative estimate of drug-likeness (QED) is 0.177. The molecule has 150 valence electrons. The van der Waals surface area contributed by atoms with E-state index in [2.05, 4.69) is 0 Å². The molecule has 3 aromatic rings. The van der Waals surface area contributed by atoms with Crippen LogP contribution in [0.5, 0.6) is 11.5 Å². The van der Waals surface area contributed by atoms with Gasteiger partial charge in [-0.3, -0.25) is 4.79 Å². The van der Waals surface area contributed by atoms with Gasteiger partial charge in [0.25, 0.3) is 0 Å². The number of nitriles is 1. The van der Waals surface area contributed by atoms with Crippen LogP contribution in [-0.2, 0) is 0 Å². The lowest BCUT2D eigenvalue weighted by Gasteiger charge is -2.11. The summed E-state index contributed by atoms with van der Waals surface area (Å²) in [6.07, 6.45) is 2.82. The first-order chi connectivity index (χ1) is 14.4. The number of ketones is 1. The molecule has 0 N–H and O–H groups in total. The zero-order valence-electron chi connectivity index (χ0n) is 16.1. The maximum absolute atomic E-state index is 12.6. The van der Waals surface area contributed by atoms with E-state index in [1.165, 1.54) is 31.6 Å². The highest BCUT2D eigenvalue weighted by atomic mass is 35.5. The number of furan rings is 1. The predicted octanol–water partition coefficient (Wildman–Crippen LogP) is 5.26. The molecule has 0 amide bonds. The number of rotatable bonds is 6. The van der Waals surface area contributed by atoms with Crippen LogP contribution in [0.3, 0.4) is 0 Å². The Morgan fingerprint density at radius 1 is 1.10 bits per heavy atom. The zero-order valence-corrected chi connectivity index (χ0v) is 16.9. The van der Waals surface area contributed by atoms with Crippen molar-refractivity contribution in [2.24, 2.45) is 0 Å². The topological polar surface area (TPSA) is 89.5 Å². The highest BCUT2D eigenvalue weighted by Gasteiger charge is 2.18. The molecule has 6 nitrogen and oxygen atoms in total. The van der Waals surface area contributed by atoms with Crippen LogP contribution in [0, 0.1) is 18.3 Å². The van der Waals surface area contributed by atoms with Crippen molar-refractivity contribution >= 4 is 29.4 Å². The Bertz CT molecular complexity index is 1190. The second-order valence-corrected chi connectivity index (χ2v) is 6.58. The minimum Gasteiger partial charge on any atom is -0.493 e. The van der Waals surface area contributed by atoms with Crippen LogP contribution in [0.1, 0.15) is 32.0 Å². The Labute approximate surface area is 177 Å². The SMILES string of the molecule is COc1cc(/C=C(\C#N)C(=O)c2ccoc2C)ccc1OC(=O)c1ccccc1Cl. The maximum Gasteiger partial charge on any atom is 0.345 e. The van der Waals surface area contributed by atoms with E-state index >= 15 is 0 Å². The molecular formula is C23H16ClNO5. The second-order valence-electron chi connectivity index (χ2n) is 6.17. The lowest BCUT2D eigenvalue weighted by Crippen LogP contribution is -2.10. The third-order valence-electron chi connectivity index (χ3n) is 4.26. The summed E-state index contributed by atoms with van der Waals surface area (Å²) in [5.41, 5.74) is 0.996. The molecule has 1 heterocycles. The summed E-state index contributed by atoms with van der Waals surface area (Å²) in [6, 6.07) is 14.6. The van der Waals surface area contributed by atoms with E-state index < -0.39 is 11.8 Å². The van der Waals surface area contributed by atoms with Crippen molar-refractivity contribution in [2.45, 2.75) is 6.92 Å². The molecule has 0 radical (unpaired) electrons. The molecule has 0 fully saturated rings. The van der Waals surface area contributed by atoms with Crippen LogP contribution in [0.15, 0.2) is 64.8 Å². The van der Waals surface area contributed by atoms with Gasteiger partial charge in [-0.05, 0) is 48.9 Å². The number of benzene rings is 2. The maximum atomic E-state index is 12.6. The van der Waals surface area contributed by atoms with E-state index in [4.69, 9.17) is 25.5 Å². The van der Waals surface area contributed by atoms with Crippen molar-refractivity contribution in [2.75, 3.05) is 7.11 Å². The van der Waals surface area contributed by atoms with Crippen LogP contribution >= 0.6 is 11.6 Å². The number of methoxy groups -OCH3 is 1. The average Bonchev–Trinajstić information content (AvgIpc) is 3.18. The van der Waals surface area contributed by atoms with E-state index in [9.17, 15) is 14.9 Å². The van der Waals surface area contributed by atoms with E-state index in [0.29, 0.717) is 16.9 Å². The number of hydrogen-bond acceptors (Lipinski definition) is 6. The Morgan fingerprint density at radius 2 is 1.87 bits per heavy atom. The fraction of sp³-hybridized carbons (Fsp3) is 0.0870. The summed E-state index contributed by atoms with van der Waals surface area (Å²) < 4.78 is 15.8. The van der Waals surface area contributed by atoms with Gasteiger partial charge < -0.3 is 13.9 Å². The van der Waals surface area contributed by atoms with Crippen molar-refractivity contribution in [3.63, 3.8) is 0 Å². The number of esters is 1. The molecule has 7 heteroatoms. The van der Waals surface area contributed by atoms with Gasteiger partial charge in [0, 0.05) is 0 Å². The van der Waals surface area contributed by atoms with Crippen molar-refractivity contribution in [3.8, 4) is 17.6 Å². The summed E-state index contributed by atoms with van der Waals surface area (Å²) >= 11 is 6.03. The summed E-state index contributed by atoms with van der Waals surface area (Å²) in [5, 5.41) is 9.69. The number of hydrogen-bond donors (Lipinski definition) is 0. The Kier molecular flexibility index (Phi) is 6.35. The van der Waals surface area contributed by atoms with Crippen molar-refractivity contribution in [1.82, 2.24) is 0 Å². The number of carbonyl (C=O) groups excluding carboxylic acids is 2. The zero-order chi connectivity index (χ0) is 21.7. The summed E-state index contributed by atoms with van der Waals surface area (Å²) in [5.74, 6) is -0.216. The summed E-state index contributed by atoms with van der Waals surface area (Å²) in [4.78, 5) is 24.9. The minimum absolute atomic E-state index is 0.0673.